The molecule has 0 bridgehead atoms. The number of carbonyl (C=O) groups excluding carboxylic acids is 4. The van der Waals surface area contributed by atoms with Crippen LogP contribution in [-0.2, 0) is 20.7 Å². The lowest BCUT2D eigenvalue weighted by atomic mass is 10.1. The Morgan fingerprint density at radius 3 is 2.30 bits per heavy atom. The molecule has 0 atom stereocenters. The van der Waals surface area contributed by atoms with Crippen LogP contribution in [0.25, 0.3) is 0 Å². The van der Waals surface area contributed by atoms with E-state index in [9.17, 15) is 19.2 Å². The van der Waals surface area contributed by atoms with Crippen molar-refractivity contribution >= 4 is 29.5 Å². The third kappa shape index (κ3) is 9.02. The number of anilines is 1. The van der Waals surface area contributed by atoms with E-state index < -0.39 is 24.5 Å². The van der Waals surface area contributed by atoms with Gasteiger partial charge in [0.05, 0.1) is 18.4 Å². The summed E-state index contributed by atoms with van der Waals surface area (Å²) in [6, 6.07) is 13.1. The largest absolute Gasteiger partial charge is 0.497 e. The summed E-state index contributed by atoms with van der Waals surface area (Å²) < 4.78 is 10.1. The molecule has 0 saturated carbocycles. The lowest BCUT2D eigenvalue weighted by Gasteiger charge is -2.11. The Hall–Kier alpha value is -3.88. The minimum absolute atomic E-state index is 0.104. The third-order valence-corrected chi connectivity index (χ3v) is 4.48. The van der Waals surface area contributed by atoms with Gasteiger partial charge in [-0.1, -0.05) is 38.1 Å². The molecular weight excluding hydrogens is 426 g/mol. The van der Waals surface area contributed by atoms with Crippen molar-refractivity contribution < 1.29 is 28.7 Å². The molecule has 0 unspecified atom stereocenters. The van der Waals surface area contributed by atoms with Crippen molar-refractivity contribution in [3.63, 3.8) is 0 Å². The van der Waals surface area contributed by atoms with Gasteiger partial charge in [-0.2, -0.15) is 0 Å². The van der Waals surface area contributed by atoms with Crippen LogP contribution in [0.4, 0.5) is 10.5 Å². The number of esters is 1. The average molecular weight is 456 g/mol. The van der Waals surface area contributed by atoms with E-state index in [1.807, 2.05) is 38.1 Å². The van der Waals surface area contributed by atoms with E-state index in [4.69, 9.17) is 9.47 Å². The molecule has 0 aliphatic carbocycles. The second-order valence-electron chi connectivity index (χ2n) is 7.67. The number of nitrogens with one attached hydrogen (secondary N) is 3. The van der Waals surface area contributed by atoms with E-state index in [-0.39, 0.29) is 29.5 Å². The highest BCUT2D eigenvalue weighted by Gasteiger charge is 2.17. The number of hydrogen-bond acceptors (Lipinski definition) is 6. The topological polar surface area (TPSA) is 123 Å². The molecule has 176 valence electrons. The third-order valence-electron chi connectivity index (χ3n) is 4.48. The van der Waals surface area contributed by atoms with Crippen LogP contribution < -0.4 is 20.7 Å². The van der Waals surface area contributed by atoms with Gasteiger partial charge in [0.1, 0.15) is 5.75 Å². The summed E-state index contributed by atoms with van der Waals surface area (Å²) in [6.45, 7) is 3.61. The van der Waals surface area contributed by atoms with Crippen LogP contribution in [0.5, 0.6) is 5.75 Å². The number of urea groups is 1. The fourth-order valence-electron chi connectivity index (χ4n) is 2.75. The van der Waals surface area contributed by atoms with E-state index in [1.54, 1.807) is 25.3 Å². The van der Waals surface area contributed by atoms with Gasteiger partial charge in [0.2, 0.25) is 5.91 Å². The van der Waals surface area contributed by atoms with Crippen LogP contribution in [0.1, 0.15) is 36.2 Å². The Labute approximate surface area is 192 Å². The first-order chi connectivity index (χ1) is 15.8. The number of para-hydroxylation sites is 1. The second-order valence-corrected chi connectivity index (χ2v) is 7.67. The summed E-state index contributed by atoms with van der Waals surface area (Å²) in [5.74, 6) is -0.859. The molecule has 0 spiro atoms. The van der Waals surface area contributed by atoms with Gasteiger partial charge in [-0.25, -0.2) is 9.59 Å². The lowest BCUT2D eigenvalue weighted by molar-refractivity contribution is -0.123. The summed E-state index contributed by atoms with van der Waals surface area (Å²) in [5.41, 5.74) is 1.35. The fraction of sp³-hybridized carbons (Fsp3) is 0.333. The summed E-state index contributed by atoms with van der Waals surface area (Å²) in [7, 11) is 1.59. The molecule has 4 amide bonds. The van der Waals surface area contributed by atoms with Gasteiger partial charge in [0, 0.05) is 13.0 Å². The number of ether oxygens (including phenoxy) is 2. The quantitative estimate of drug-likeness (QED) is 0.474. The maximum Gasteiger partial charge on any atom is 0.340 e. The van der Waals surface area contributed by atoms with Crippen LogP contribution in [0.3, 0.4) is 0 Å². The van der Waals surface area contributed by atoms with Gasteiger partial charge in [0.15, 0.2) is 6.61 Å². The molecule has 2 rings (SSSR count). The van der Waals surface area contributed by atoms with Gasteiger partial charge < -0.3 is 20.1 Å². The Morgan fingerprint density at radius 1 is 0.939 bits per heavy atom. The van der Waals surface area contributed by atoms with Crippen LogP contribution in [0, 0.1) is 5.92 Å². The second kappa shape index (κ2) is 12.8. The molecule has 0 aliphatic heterocycles. The Balaban J connectivity index is 1.86. The van der Waals surface area contributed by atoms with Crippen LogP contribution in [-0.4, -0.2) is 44.1 Å². The van der Waals surface area contributed by atoms with Gasteiger partial charge in [-0.05, 0) is 42.2 Å². The number of methoxy groups -OCH3 is 1. The van der Waals surface area contributed by atoms with Crippen molar-refractivity contribution in [2.45, 2.75) is 26.7 Å². The molecule has 9 nitrogen and oxygen atoms in total. The standard InChI is InChI=1S/C24H29N3O6/c1-16(2)14-25-24(31)27-22(29)15-33-23(30)19-6-4-5-7-20(19)26-21(28)13-10-17-8-11-18(32-3)12-9-17/h4-9,11-12,16H,10,13-15H2,1-3H3,(H,26,28)(H2,25,27,29,31). The highest BCUT2D eigenvalue weighted by molar-refractivity contribution is 6.02. The zero-order valence-electron chi connectivity index (χ0n) is 19.0. The normalized spacial score (nSPS) is 10.3. The van der Waals surface area contributed by atoms with E-state index in [0.717, 1.165) is 11.3 Å². The number of aryl methyl sites for hydroxylation is 1. The van der Waals surface area contributed by atoms with E-state index in [2.05, 4.69) is 16.0 Å². The van der Waals surface area contributed by atoms with Crippen LogP contribution in [0.15, 0.2) is 48.5 Å². The van der Waals surface area contributed by atoms with E-state index in [0.29, 0.717) is 13.0 Å². The highest BCUT2D eigenvalue weighted by Crippen LogP contribution is 2.17. The predicted molar refractivity (Wildman–Crippen MR) is 123 cm³/mol. The zero-order valence-corrected chi connectivity index (χ0v) is 19.0. The predicted octanol–water partition coefficient (Wildman–Crippen LogP) is 2.91. The van der Waals surface area contributed by atoms with Gasteiger partial charge in [-0.3, -0.25) is 14.9 Å². The Kier molecular flexibility index (Phi) is 9.88. The van der Waals surface area contributed by atoms with Crippen molar-refractivity contribution in [2.75, 3.05) is 25.6 Å². The number of hydrogen-bond donors (Lipinski definition) is 3. The molecular formula is C24H29N3O6. The molecule has 2 aromatic carbocycles. The molecule has 0 radical (unpaired) electrons. The maximum absolute atomic E-state index is 12.4. The van der Waals surface area contributed by atoms with Crippen molar-refractivity contribution in [3.05, 3.63) is 59.7 Å². The SMILES string of the molecule is COc1ccc(CCC(=O)Nc2ccccc2C(=O)OCC(=O)NC(=O)NCC(C)C)cc1. The van der Waals surface area contributed by atoms with E-state index in [1.165, 1.54) is 6.07 Å². The number of rotatable bonds is 10. The summed E-state index contributed by atoms with van der Waals surface area (Å²) in [5, 5.41) is 7.31. The zero-order chi connectivity index (χ0) is 24.2. The van der Waals surface area contributed by atoms with Crippen LogP contribution >= 0.6 is 0 Å². The lowest BCUT2D eigenvalue weighted by Crippen LogP contribution is -2.42. The smallest absolute Gasteiger partial charge is 0.340 e. The van der Waals surface area contributed by atoms with Gasteiger partial charge >= 0.3 is 12.0 Å². The first-order valence-corrected chi connectivity index (χ1v) is 10.5. The van der Waals surface area contributed by atoms with Crippen LogP contribution in [0.2, 0.25) is 0 Å². The minimum Gasteiger partial charge on any atom is -0.497 e. The Bertz CT molecular complexity index is 972. The summed E-state index contributed by atoms with van der Waals surface area (Å²) in [4.78, 5) is 48.2. The van der Waals surface area contributed by atoms with Gasteiger partial charge in [0.25, 0.3) is 5.91 Å². The molecule has 2 aromatic rings. The minimum atomic E-state index is -0.793. The molecule has 0 aliphatic rings. The fourth-order valence-corrected chi connectivity index (χ4v) is 2.75. The van der Waals surface area contributed by atoms with E-state index >= 15 is 0 Å². The van der Waals surface area contributed by atoms with Gasteiger partial charge in [-0.15, -0.1) is 0 Å². The van der Waals surface area contributed by atoms with Crippen molar-refractivity contribution in [3.8, 4) is 5.75 Å². The summed E-state index contributed by atoms with van der Waals surface area (Å²) in [6.07, 6.45) is 0.727. The Morgan fingerprint density at radius 2 is 1.64 bits per heavy atom. The van der Waals surface area contributed by atoms with Crippen molar-refractivity contribution in [1.82, 2.24) is 10.6 Å². The number of benzene rings is 2. The van der Waals surface area contributed by atoms with Crippen molar-refractivity contribution in [2.24, 2.45) is 5.92 Å². The number of imide groups is 1. The molecule has 9 heteroatoms. The molecule has 0 aromatic heterocycles. The molecule has 33 heavy (non-hydrogen) atoms. The first-order valence-electron chi connectivity index (χ1n) is 10.5. The number of carbonyl (C=O) groups is 4. The molecule has 0 fully saturated rings. The molecule has 0 heterocycles. The maximum atomic E-state index is 12.4. The molecule has 0 saturated heterocycles. The van der Waals surface area contributed by atoms with Crippen molar-refractivity contribution in [1.29, 1.82) is 0 Å². The highest BCUT2D eigenvalue weighted by atomic mass is 16.5. The average Bonchev–Trinajstić information content (AvgIpc) is 2.80. The number of amides is 4. The monoisotopic (exact) mass is 455 g/mol. The first kappa shape index (κ1) is 25.4. The summed E-state index contributed by atoms with van der Waals surface area (Å²) >= 11 is 0. The molecule has 3 N–H and O–H groups in total.